The van der Waals surface area contributed by atoms with Gasteiger partial charge in [0.05, 0.1) is 5.92 Å². The van der Waals surface area contributed by atoms with Crippen molar-refractivity contribution in [1.82, 2.24) is 20.4 Å². The van der Waals surface area contributed by atoms with Crippen LogP contribution in [0.1, 0.15) is 74.0 Å². The van der Waals surface area contributed by atoms with Gasteiger partial charge in [-0.2, -0.15) is 4.98 Å². The van der Waals surface area contributed by atoms with Crippen molar-refractivity contribution in [2.24, 2.45) is 5.73 Å². The lowest BCUT2D eigenvalue weighted by Crippen LogP contribution is -2.34. The lowest BCUT2D eigenvalue weighted by Gasteiger charge is -2.14. The maximum Gasteiger partial charge on any atom is 0.251 e. The summed E-state index contributed by atoms with van der Waals surface area (Å²) < 4.78 is 5.43. The van der Waals surface area contributed by atoms with E-state index in [0.29, 0.717) is 30.4 Å². The smallest absolute Gasteiger partial charge is 0.251 e. The van der Waals surface area contributed by atoms with Gasteiger partial charge in [0, 0.05) is 30.8 Å². The first-order chi connectivity index (χ1) is 14.6. The van der Waals surface area contributed by atoms with Crippen LogP contribution in [-0.4, -0.2) is 46.5 Å². The van der Waals surface area contributed by atoms with Crippen molar-refractivity contribution in [2.75, 3.05) is 19.6 Å². The van der Waals surface area contributed by atoms with Crippen molar-refractivity contribution in [3.8, 4) is 11.4 Å². The Kier molecular flexibility index (Phi) is 9.78. The number of nitrogens with two attached hydrogens (primary N) is 1. The summed E-state index contributed by atoms with van der Waals surface area (Å²) in [6.07, 6.45) is 8.05. The van der Waals surface area contributed by atoms with Crippen molar-refractivity contribution in [3.05, 3.63) is 35.7 Å². The van der Waals surface area contributed by atoms with Gasteiger partial charge in [-0.15, -0.1) is 12.4 Å². The average Bonchev–Trinajstić information content (AvgIpc) is 3.43. The van der Waals surface area contributed by atoms with E-state index in [1.807, 2.05) is 12.1 Å². The highest BCUT2D eigenvalue weighted by Gasteiger charge is 2.29. The average molecular weight is 449 g/mol. The largest absolute Gasteiger partial charge is 0.370 e. The van der Waals surface area contributed by atoms with Gasteiger partial charge in [-0.25, -0.2) is 0 Å². The molecule has 31 heavy (non-hydrogen) atoms. The van der Waals surface area contributed by atoms with Crippen LogP contribution in [-0.2, 0) is 0 Å². The van der Waals surface area contributed by atoms with Gasteiger partial charge in [0.1, 0.15) is 0 Å². The molecule has 0 bridgehead atoms. The Balaban J connectivity index is 0.00000341. The molecule has 1 atom stereocenters. The molecule has 1 aliphatic heterocycles. The van der Waals surface area contributed by atoms with Crippen LogP contribution in [0.15, 0.2) is 28.8 Å². The number of amides is 1. The zero-order valence-electron chi connectivity index (χ0n) is 18.1. The van der Waals surface area contributed by atoms with Crippen LogP contribution in [0, 0.1) is 5.41 Å². The van der Waals surface area contributed by atoms with Crippen molar-refractivity contribution in [1.29, 1.82) is 5.41 Å². The zero-order chi connectivity index (χ0) is 21.3. The van der Waals surface area contributed by atoms with Gasteiger partial charge in [0.25, 0.3) is 5.91 Å². The fourth-order valence-corrected chi connectivity index (χ4v) is 3.68. The number of guanidine groups is 1. The summed E-state index contributed by atoms with van der Waals surface area (Å²) in [5.74, 6) is 1.17. The Hall–Kier alpha value is -2.61. The summed E-state index contributed by atoms with van der Waals surface area (Å²) in [7, 11) is 0. The molecule has 170 valence electrons. The van der Waals surface area contributed by atoms with Gasteiger partial charge < -0.3 is 20.5 Å². The first kappa shape index (κ1) is 24.7. The third kappa shape index (κ3) is 6.95. The standard InChI is InChI=1S/C22H32N6O2.ClH/c1-2-3-4-5-6-7-13-25-20(29)17-10-8-16(9-11-17)19-26-21(30-27-19)18-12-14-28(15-18)22(23)24;/h8-11,18H,2-7,12-15H2,1H3,(H3,23,24)(H,25,29);1H/t18-;/m1./s1. The van der Waals surface area contributed by atoms with Crippen molar-refractivity contribution < 1.29 is 9.32 Å². The predicted molar refractivity (Wildman–Crippen MR) is 124 cm³/mol. The number of nitrogens with one attached hydrogen (secondary N) is 2. The number of likely N-dealkylation sites (tertiary alicyclic amines) is 1. The van der Waals surface area contributed by atoms with Crippen molar-refractivity contribution >= 4 is 24.3 Å². The van der Waals surface area contributed by atoms with Gasteiger partial charge in [-0.05, 0) is 25.0 Å². The Morgan fingerprint density at radius 3 is 2.61 bits per heavy atom. The number of rotatable bonds is 10. The van der Waals surface area contributed by atoms with E-state index in [-0.39, 0.29) is 30.2 Å². The number of aromatic nitrogens is 2. The molecule has 0 aliphatic carbocycles. The second kappa shape index (κ2) is 12.3. The van der Waals surface area contributed by atoms with E-state index in [1.54, 1.807) is 17.0 Å². The Bertz CT molecular complexity index is 839. The number of hydrogen-bond donors (Lipinski definition) is 3. The third-order valence-corrected chi connectivity index (χ3v) is 5.54. The van der Waals surface area contributed by atoms with Crippen LogP contribution in [0.25, 0.3) is 11.4 Å². The normalized spacial score (nSPS) is 15.5. The first-order valence-corrected chi connectivity index (χ1v) is 10.9. The molecule has 1 aromatic carbocycles. The van der Waals surface area contributed by atoms with Gasteiger partial charge in [-0.1, -0.05) is 56.3 Å². The van der Waals surface area contributed by atoms with E-state index in [0.717, 1.165) is 31.4 Å². The Labute approximate surface area is 189 Å². The molecule has 1 fully saturated rings. The first-order valence-electron chi connectivity index (χ1n) is 10.9. The van der Waals surface area contributed by atoms with Crippen LogP contribution >= 0.6 is 12.4 Å². The maximum atomic E-state index is 12.3. The molecule has 0 spiro atoms. The van der Waals surface area contributed by atoms with E-state index < -0.39 is 0 Å². The van der Waals surface area contributed by atoms with Gasteiger partial charge in [0.2, 0.25) is 11.7 Å². The molecule has 4 N–H and O–H groups in total. The van der Waals surface area contributed by atoms with Crippen molar-refractivity contribution in [3.63, 3.8) is 0 Å². The summed E-state index contributed by atoms with van der Waals surface area (Å²) in [5, 5.41) is 14.6. The molecule has 2 aromatic rings. The molecule has 0 unspecified atom stereocenters. The summed E-state index contributed by atoms with van der Waals surface area (Å²) >= 11 is 0. The number of nitrogens with zero attached hydrogens (tertiary/aromatic N) is 3. The Morgan fingerprint density at radius 2 is 1.94 bits per heavy atom. The minimum atomic E-state index is -0.0563. The number of halogens is 1. The molecule has 1 amide bonds. The highest BCUT2D eigenvalue weighted by Crippen LogP contribution is 2.27. The summed E-state index contributed by atoms with van der Waals surface area (Å²) in [6.45, 7) is 4.26. The molecule has 0 radical (unpaired) electrons. The Morgan fingerprint density at radius 1 is 1.23 bits per heavy atom. The topological polar surface area (TPSA) is 121 Å². The van der Waals surface area contributed by atoms with Gasteiger partial charge in [0.15, 0.2) is 5.96 Å². The van der Waals surface area contributed by atoms with Crippen LogP contribution < -0.4 is 11.1 Å². The lowest BCUT2D eigenvalue weighted by molar-refractivity contribution is 0.0953. The molecular formula is C22H33ClN6O2. The molecule has 1 aliphatic rings. The molecule has 8 nitrogen and oxygen atoms in total. The number of unbranched alkanes of at least 4 members (excludes halogenated alkanes) is 5. The number of carbonyl (C=O) groups excluding carboxylic acids is 1. The highest BCUT2D eigenvalue weighted by atomic mass is 35.5. The van der Waals surface area contributed by atoms with Gasteiger partial charge >= 0.3 is 0 Å². The number of benzene rings is 1. The molecule has 1 saturated heterocycles. The molecule has 0 saturated carbocycles. The third-order valence-electron chi connectivity index (χ3n) is 5.54. The van der Waals surface area contributed by atoms with Crippen molar-refractivity contribution in [2.45, 2.75) is 57.8 Å². The van der Waals surface area contributed by atoms with Crippen LogP contribution in [0.3, 0.4) is 0 Å². The maximum absolute atomic E-state index is 12.3. The molecule has 2 heterocycles. The lowest BCUT2D eigenvalue weighted by atomic mass is 10.1. The van der Waals surface area contributed by atoms with E-state index >= 15 is 0 Å². The molecular weight excluding hydrogens is 416 g/mol. The van der Waals surface area contributed by atoms with Crippen LogP contribution in [0.4, 0.5) is 0 Å². The summed E-state index contributed by atoms with van der Waals surface area (Å²) in [6, 6.07) is 7.25. The second-order valence-electron chi connectivity index (χ2n) is 7.87. The summed E-state index contributed by atoms with van der Waals surface area (Å²) in [4.78, 5) is 18.6. The van der Waals surface area contributed by atoms with E-state index in [1.165, 1.54) is 25.7 Å². The quantitative estimate of drug-likeness (QED) is 0.287. The molecule has 3 rings (SSSR count). The monoisotopic (exact) mass is 448 g/mol. The number of hydrogen-bond acceptors (Lipinski definition) is 5. The predicted octanol–water partition coefficient (Wildman–Crippen LogP) is 3.93. The van der Waals surface area contributed by atoms with Crippen LogP contribution in [0.5, 0.6) is 0 Å². The fourth-order valence-electron chi connectivity index (χ4n) is 3.68. The molecule has 1 aromatic heterocycles. The highest BCUT2D eigenvalue weighted by molar-refractivity contribution is 5.94. The summed E-state index contributed by atoms with van der Waals surface area (Å²) in [5.41, 5.74) is 6.98. The molecule has 9 heteroatoms. The second-order valence-corrected chi connectivity index (χ2v) is 7.87. The van der Waals surface area contributed by atoms with E-state index in [4.69, 9.17) is 15.7 Å². The zero-order valence-corrected chi connectivity index (χ0v) is 18.9. The van der Waals surface area contributed by atoms with Gasteiger partial charge in [-0.3, -0.25) is 10.2 Å². The fraction of sp³-hybridized carbons (Fsp3) is 0.545. The van der Waals surface area contributed by atoms with Crippen LogP contribution in [0.2, 0.25) is 0 Å². The minimum absolute atomic E-state index is 0. The minimum Gasteiger partial charge on any atom is -0.370 e. The van der Waals surface area contributed by atoms with E-state index in [2.05, 4.69) is 22.4 Å². The SMILES string of the molecule is CCCCCCCCNC(=O)c1ccc(-c2noc([C@@H]3CCN(C(=N)N)C3)n2)cc1.Cl. The van der Waals surface area contributed by atoms with E-state index in [9.17, 15) is 4.79 Å². The number of carbonyl (C=O) groups is 1.